The van der Waals surface area contributed by atoms with Crippen molar-refractivity contribution in [2.75, 3.05) is 0 Å². The summed E-state index contributed by atoms with van der Waals surface area (Å²) in [5.74, 6) is -0.390. The maximum absolute atomic E-state index is 11.5. The molecule has 128 valence electrons. The lowest BCUT2D eigenvalue weighted by atomic mass is 9.98. The van der Waals surface area contributed by atoms with E-state index < -0.39 is 11.2 Å². The van der Waals surface area contributed by atoms with E-state index in [9.17, 15) is 4.79 Å². The zero-order valence-corrected chi connectivity index (χ0v) is 15.0. The Morgan fingerprint density at radius 3 is 2.22 bits per heavy atom. The number of hydrogen-bond donors (Lipinski definition) is 0. The van der Waals surface area contributed by atoms with E-state index in [1.165, 1.54) is 0 Å². The molecule has 0 saturated carbocycles. The van der Waals surface area contributed by atoms with Crippen LogP contribution in [0.25, 0.3) is 0 Å². The van der Waals surface area contributed by atoms with Crippen LogP contribution in [-0.2, 0) is 24.9 Å². The summed E-state index contributed by atoms with van der Waals surface area (Å²) >= 11 is 0. The summed E-state index contributed by atoms with van der Waals surface area (Å²) in [7, 11) is 0. The summed E-state index contributed by atoms with van der Waals surface area (Å²) in [6, 6.07) is 9.87. The van der Waals surface area contributed by atoms with Crippen LogP contribution in [0.4, 0.5) is 0 Å². The van der Waals surface area contributed by atoms with Crippen molar-refractivity contribution in [3.63, 3.8) is 0 Å². The molecule has 4 heteroatoms. The van der Waals surface area contributed by atoms with Crippen molar-refractivity contribution in [1.29, 1.82) is 0 Å². The summed E-state index contributed by atoms with van der Waals surface area (Å²) < 4.78 is 5.29. The summed E-state index contributed by atoms with van der Waals surface area (Å²) in [6.07, 6.45) is 0.217. The molecule has 0 aliphatic heterocycles. The highest BCUT2D eigenvalue weighted by Crippen LogP contribution is 2.28. The molecule has 0 N–H and O–H groups in total. The van der Waals surface area contributed by atoms with Gasteiger partial charge in [-0.3, -0.25) is 0 Å². The van der Waals surface area contributed by atoms with Crippen molar-refractivity contribution in [2.24, 2.45) is 0 Å². The van der Waals surface area contributed by atoms with Gasteiger partial charge in [0.15, 0.2) is 0 Å². The summed E-state index contributed by atoms with van der Waals surface area (Å²) in [4.78, 5) is 22.9. The molecule has 0 fully saturated rings. The Morgan fingerprint density at radius 2 is 1.70 bits per heavy atom. The molecule has 0 heterocycles. The minimum Gasteiger partial charge on any atom is -0.459 e. The van der Waals surface area contributed by atoms with Gasteiger partial charge in [0.25, 0.3) is 0 Å². The molecule has 0 saturated heterocycles. The van der Waals surface area contributed by atoms with Gasteiger partial charge in [0.05, 0.1) is 0 Å². The van der Waals surface area contributed by atoms with E-state index >= 15 is 0 Å². The Hall–Kier alpha value is -1.65. The number of benzene rings is 1. The van der Waals surface area contributed by atoms with Crippen LogP contribution < -0.4 is 0 Å². The van der Waals surface area contributed by atoms with Crippen molar-refractivity contribution in [3.05, 3.63) is 48.0 Å². The predicted molar refractivity (Wildman–Crippen MR) is 90.7 cm³/mol. The van der Waals surface area contributed by atoms with Crippen LogP contribution in [0.1, 0.15) is 53.5 Å². The predicted octanol–water partition coefficient (Wildman–Crippen LogP) is 4.55. The van der Waals surface area contributed by atoms with Crippen molar-refractivity contribution >= 4 is 5.97 Å². The molecule has 1 unspecified atom stereocenters. The lowest BCUT2D eigenvalue weighted by molar-refractivity contribution is -0.408. The molecule has 0 spiro atoms. The number of esters is 1. The molecule has 0 aliphatic rings. The summed E-state index contributed by atoms with van der Waals surface area (Å²) in [5, 5.41) is 0. The number of ether oxygens (including phenoxy) is 1. The van der Waals surface area contributed by atoms with Crippen LogP contribution >= 0.6 is 0 Å². The number of rotatable bonds is 8. The standard InChI is InChI=1S/C19H28O4/c1-14(2)17(20)21-15(3)13-18(4,5)22-23-19(6,7)16-11-9-8-10-12-16/h8-12,15H,1,13H2,2-7H3. The third kappa shape index (κ3) is 6.55. The van der Waals surface area contributed by atoms with Gasteiger partial charge >= 0.3 is 5.97 Å². The fraction of sp³-hybridized carbons (Fsp3) is 0.526. The highest BCUT2D eigenvalue weighted by molar-refractivity contribution is 5.87. The van der Waals surface area contributed by atoms with E-state index in [0.29, 0.717) is 12.0 Å². The molecular formula is C19H28O4. The monoisotopic (exact) mass is 320 g/mol. The second kappa shape index (κ2) is 7.75. The Kier molecular flexibility index (Phi) is 6.54. The van der Waals surface area contributed by atoms with E-state index in [1.807, 2.05) is 65.0 Å². The fourth-order valence-corrected chi connectivity index (χ4v) is 2.16. The molecular weight excluding hydrogens is 292 g/mol. The average molecular weight is 320 g/mol. The molecule has 0 amide bonds. The van der Waals surface area contributed by atoms with Gasteiger partial charge in [-0.15, -0.1) is 0 Å². The third-order valence-electron chi connectivity index (χ3n) is 3.38. The van der Waals surface area contributed by atoms with Crippen LogP contribution in [0.5, 0.6) is 0 Å². The Labute approximate surface area is 139 Å². The van der Waals surface area contributed by atoms with Crippen molar-refractivity contribution in [2.45, 2.75) is 65.3 Å². The van der Waals surface area contributed by atoms with Gasteiger partial charge in [-0.1, -0.05) is 36.9 Å². The quantitative estimate of drug-likeness (QED) is 0.305. The second-order valence-electron chi connectivity index (χ2n) is 7.00. The number of carbonyl (C=O) groups excluding carboxylic acids is 1. The van der Waals surface area contributed by atoms with E-state index in [4.69, 9.17) is 14.5 Å². The van der Waals surface area contributed by atoms with Gasteiger partial charge in [0, 0.05) is 12.0 Å². The van der Waals surface area contributed by atoms with Crippen LogP contribution in [-0.4, -0.2) is 17.7 Å². The molecule has 0 radical (unpaired) electrons. The SMILES string of the molecule is C=C(C)C(=O)OC(C)CC(C)(C)OOC(C)(C)c1ccccc1. The molecule has 1 aromatic carbocycles. The molecule has 1 rings (SSSR count). The molecule has 0 aliphatic carbocycles. The maximum Gasteiger partial charge on any atom is 0.333 e. The first kappa shape index (κ1) is 19.4. The van der Waals surface area contributed by atoms with E-state index in [0.717, 1.165) is 5.56 Å². The van der Waals surface area contributed by atoms with Crippen LogP contribution in [0.2, 0.25) is 0 Å². The highest BCUT2D eigenvalue weighted by Gasteiger charge is 2.30. The normalized spacial score (nSPS) is 13.5. The fourth-order valence-electron chi connectivity index (χ4n) is 2.16. The molecule has 1 aromatic rings. The van der Waals surface area contributed by atoms with Crippen LogP contribution in [0.3, 0.4) is 0 Å². The first-order valence-corrected chi connectivity index (χ1v) is 7.82. The van der Waals surface area contributed by atoms with Crippen molar-refractivity contribution < 1.29 is 19.3 Å². The van der Waals surface area contributed by atoms with Gasteiger partial charge in [-0.05, 0) is 47.1 Å². The number of hydrogen-bond acceptors (Lipinski definition) is 4. The molecule has 23 heavy (non-hydrogen) atoms. The van der Waals surface area contributed by atoms with Crippen LogP contribution in [0, 0.1) is 0 Å². The molecule has 4 nitrogen and oxygen atoms in total. The largest absolute Gasteiger partial charge is 0.459 e. The molecule has 0 aromatic heterocycles. The van der Waals surface area contributed by atoms with Gasteiger partial charge in [0.2, 0.25) is 0 Å². The topological polar surface area (TPSA) is 44.8 Å². The van der Waals surface area contributed by atoms with Gasteiger partial charge in [0.1, 0.15) is 17.3 Å². The van der Waals surface area contributed by atoms with Crippen molar-refractivity contribution in [1.82, 2.24) is 0 Å². The van der Waals surface area contributed by atoms with E-state index in [-0.39, 0.29) is 12.1 Å². The maximum atomic E-state index is 11.5. The average Bonchev–Trinajstić information content (AvgIpc) is 2.45. The zero-order chi connectivity index (χ0) is 17.7. The molecule has 1 atom stereocenters. The third-order valence-corrected chi connectivity index (χ3v) is 3.38. The Morgan fingerprint density at radius 1 is 1.13 bits per heavy atom. The lowest BCUT2D eigenvalue weighted by Gasteiger charge is -2.32. The number of carbonyl (C=O) groups is 1. The molecule has 0 bridgehead atoms. The van der Waals surface area contributed by atoms with Gasteiger partial charge in [-0.2, -0.15) is 0 Å². The first-order valence-electron chi connectivity index (χ1n) is 7.82. The highest BCUT2D eigenvalue weighted by atomic mass is 17.2. The van der Waals surface area contributed by atoms with E-state index in [2.05, 4.69) is 6.58 Å². The van der Waals surface area contributed by atoms with Gasteiger partial charge < -0.3 is 4.74 Å². The van der Waals surface area contributed by atoms with Crippen molar-refractivity contribution in [3.8, 4) is 0 Å². The lowest BCUT2D eigenvalue weighted by Crippen LogP contribution is -2.34. The Balaban J connectivity index is 2.58. The van der Waals surface area contributed by atoms with Gasteiger partial charge in [-0.25, -0.2) is 14.6 Å². The van der Waals surface area contributed by atoms with E-state index in [1.54, 1.807) is 6.92 Å². The second-order valence-corrected chi connectivity index (χ2v) is 7.00. The van der Waals surface area contributed by atoms with Crippen LogP contribution in [0.15, 0.2) is 42.5 Å². The smallest absolute Gasteiger partial charge is 0.333 e. The first-order chi connectivity index (χ1) is 10.5. The summed E-state index contributed by atoms with van der Waals surface area (Å²) in [5.41, 5.74) is 0.242. The Bertz CT molecular complexity index is 532. The minimum atomic E-state index is -0.596. The minimum absolute atomic E-state index is 0.294. The summed E-state index contributed by atoms with van der Waals surface area (Å²) in [6.45, 7) is 14.7. The zero-order valence-electron chi connectivity index (χ0n) is 15.0.